The molecule has 0 radical (unpaired) electrons. The molecule has 2 nitrogen and oxygen atoms in total. The smallest absolute Gasteiger partial charge is 0.313 e. The van der Waals surface area contributed by atoms with Crippen molar-refractivity contribution in [1.29, 1.82) is 0 Å². The number of benzene rings is 1. The molecule has 1 saturated carbocycles. The van der Waals surface area contributed by atoms with Crippen LogP contribution in [0.25, 0.3) is 6.08 Å². The van der Waals surface area contributed by atoms with Crippen molar-refractivity contribution in [2.24, 2.45) is 5.41 Å². The van der Waals surface area contributed by atoms with Crippen molar-refractivity contribution in [1.82, 2.24) is 0 Å². The number of hydrogen-bond acceptors (Lipinski definition) is 1. The first kappa shape index (κ1) is 12.9. The van der Waals surface area contributed by atoms with Gasteiger partial charge in [0.1, 0.15) is 0 Å². The Morgan fingerprint density at radius 3 is 2.33 bits per heavy atom. The van der Waals surface area contributed by atoms with E-state index in [0.29, 0.717) is 0 Å². The van der Waals surface area contributed by atoms with Crippen molar-refractivity contribution < 1.29 is 9.90 Å². The van der Waals surface area contributed by atoms with Crippen molar-refractivity contribution in [2.45, 2.75) is 39.0 Å². The van der Waals surface area contributed by atoms with E-state index in [-0.39, 0.29) is 0 Å². The van der Waals surface area contributed by atoms with Crippen molar-refractivity contribution in [3.8, 4) is 0 Å². The molecule has 1 aromatic carbocycles. The number of rotatable bonds is 3. The monoisotopic (exact) mass is 244 g/mol. The van der Waals surface area contributed by atoms with Gasteiger partial charge in [-0.3, -0.25) is 4.79 Å². The van der Waals surface area contributed by atoms with E-state index in [4.69, 9.17) is 0 Å². The molecule has 0 spiro atoms. The fourth-order valence-corrected chi connectivity index (χ4v) is 2.87. The zero-order valence-electron chi connectivity index (χ0n) is 10.9. The first-order valence-corrected chi connectivity index (χ1v) is 6.62. The van der Waals surface area contributed by atoms with Gasteiger partial charge in [-0.2, -0.15) is 0 Å². The first-order valence-electron chi connectivity index (χ1n) is 6.62. The maximum atomic E-state index is 11.7. The second-order valence-corrected chi connectivity index (χ2v) is 5.19. The highest BCUT2D eigenvalue weighted by Gasteiger charge is 2.40. The zero-order chi connectivity index (χ0) is 13.0. The Bertz CT molecular complexity index is 439. The number of hydrogen-bond donors (Lipinski definition) is 1. The molecule has 1 aliphatic carbocycles. The lowest BCUT2D eigenvalue weighted by Crippen LogP contribution is -2.34. The van der Waals surface area contributed by atoms with Crippen molar-refractivity contribution in [2.75, 3.05) is 0 Å². The van der Waals surface area contributed by atoms with Gasteiger partial charge in [0.2, 0.25) is 0 Å². The van der Waals surface area contributed by atoms with Gasteiger partial charge in [-0.15, -0.1) is 0 Å². The summed E-state index contributed by atoms with van der Waals surface area (Å²) in [5.41, 5.74) is 1.44. The summed E-state index contributed by atoms with van der Waals surface area (Å²) in [4.78, 5) is 11.7. The largest absolute Gasteiger partial charge is 0.481 e. The summed E-state index contributed by atoms with van der Waals surface area (Å²) >= 11 is 0. The summed E-state index contributed by atoms with van der Waals surface area (Å²) < 4.78 is 0. The molecule has 0 heterocycles. The fraction of sp³-hybridized carbons (Fsp3) is 0.438. The SMILES string of the molecule is C/C(=C\c1ccccc1)C1(C(=O)O)CCCCC1. The number of carboxylic acid groups (broad SMARTS) is 1. The molecule has 1 aromatic rings. The Morgan fingerprint density at radius 2 is 1.78 bits per heavy atom. The van der Waals surface area contributed by atoms with E-state index in [1.165, 1.54) is 0 Å². The van der Waals surface area contributed by atoms with E-state index >= 15 is 0 Å². The minimum Gasteiger partial charge on any atom is -0.481 e. The summed E-state index contributed by atoms with van der Waals surface area (Å²) in [6.07, 6.45) is 6.78. The van der Waals surface area contributed by atoms with Crippen LogP contribution in [0.5, 0.6) is 0 Å². The molecule has 1 N–H and O–H groups in total. The van der Waals surface area contributed by atoms with Crippen molar-refractivity contribution in [3.63, 3.8) is 0 Å². The van der Waals surface area contributed by atoms with Crippen molar-refractivity contribution in [3.05, 3.63) is 41.5 Å². The van der Waals surface area contributed by atoms with Crippen LogP contribution >= 0.6 is 0 Å². The molecule has 0 saturated heterocycles. The predicted octanol–water partition coefficient (Wildman–Crippen LogP) is 4.13. The number of carbonyl (C=O) groups is 1. The third-order valence-corrected chi connectivity index (χ3v) is 4.05. The highest BCUT2D eigenvalue weighted by molar-refractivity contribution is 5.80. The van der Waals surface area contributed by atoms with Gasteiger partial charge in [0.25, 0.3) is 0 Å². The molecule has 0 aliphatic heterocycles. The van der Waals surface area contributed by atoms with E-state index in [1.54, 1.807) is 0 Å². The predicted molar refractivity (Wildman–Crippen MR) is 73.2 cm³/mol. The molecule has 2 heteroatoms. The van der Waals surface area contributed by atoms with Gasteiger partial charge in [-0.05, 0) is 25.3 Å². The van der Waals surface area contributed by atoms with Crippen LogP contribution in [0.4, 0.5) is 0 Å². The fourth-order valence-electron chi connectivity index (χ4n) is 2.87. The molecule has 1 fully saturated rings. The first-order chi connectivity index (χ1) is 8.65. The summed E-state index contributed by atoms with van der Waals surface area (Å²) in [6, 6.07) is 9.96. The van der Waals surface area contributed by atoms with Gasteiger partial charge >= 0.3 is 5.97 Å². The zero-order valence-corrected chi connectivity index (χ0v) is 10.9. The van der Waals surface area contributed by atoms with Crippen LogP contribution in [-0.2, 0) is 4.79 Å². The second kappa shape index (κ2) is 5.38. The molecule has 18 heavy (non-hydrogen) atoms. The standard InChI is InChI=1S/C16H20O2/c1-13(12-14-8-4-2-5-9-14)16(15(17)18)10-6-3-7-11-16/h2,4-5,8-9,12H,3,6-7,10-11H2,1H3,(H,17,18)/b13-12+. The Hall–Kier alpha value is -1.57. The minimum absolute atomic E-state index is 0.631. The van der Waals surface area contributed by atoms with E-state index in [1.807, 2.05) is 43.3 Å². The molecule has 0 bridgehead atoms. The average Bonchev–Trinajstić information content (AvgIpc) is 2.40. The summed E-state index contributed by atoms with van der Waals surface area (Å²) in [6.45, 7) is 1.96. The Labute approximate surface area is 108 Å². The Balaban J connectivity index is 2.31. The average molecular weight is 244 g/mol. The van der Waals surface area contributed by atoms with Crippen LogP contribution in [-0.4, -0.2) is 11.1 Å². The lowest BCUT2D eigenvalue weighted by atomic mass is 9.69. The second-order valence-electron chi connectivity index (χ2n) is 5.19. The molecule has 0 unspecified atom stereocenters. The van der Waals surface area contributed by atoms with Crippen molar-refractivity contribution >= 4 is 12.0 Å². The molecule has 1 aliphatic rings. The van der Waals surface area contributed by atoms with Crippen LogP contribution in [0.2, 0.25) is 0 Å². The van der Waals surface area contributed by atoms with Crippen LogP contribution in [0.3, 0.4) is 0 Å². The van der Waals surface area contributed by atoms with Gasteiger partial charge < -0.3 is 5.11 Å². The van der Waals surface area contributed by atoms with Gasteiger partial charge in [-0.25, -0.2) is 0 Å². The van der Waals surface area contributed by atoms with E-state index in [9.17, 15) is 9.90 Å². The molecular formula is C16H20O2. The highest BCUT2D eigenvalue weighted by atomic mass is 16.4. The van der Waals surface area contributed by atoms with E-state index < -0.39 is 11.4 Å². The van der Waals surface area contributed by atoms with Gasteiger partial charge in [0.05, 0.1) is 5.41 Å². The molecule has 96 valence electrons. The van der Waals surface area contributed by atoms with Crippen LogP contribution in [0.1, 0.15) is 44.6 Å². The van der Waals surface area contributed by atoms with Crippen LogP contribution < -0.4 is 0 Å². The minimum atomic E-state index is -0.660. The Kier molecular flexibility index (Phi) is 3.85. The number of carboxylic acids is 1. The highest BCUT2D eigenvalue weighted by Crippen LogP contribution is 2.43. The lowest BCUT2D eigenvalue weighted by Gasteiger charge is -2.34. The molecule has 0 aromatic heterocycles. The topological polar surface area (TPSA) is 37.3 Å². The molecule has 2 rings (SSSR count). The van der Waals surface area contributed by atoms with Crippen LogP contribution in [0.15, 0.2) is 35.9 Å². The van der Waals surface area contributed by atoms with Crippen LogP contribution in [0, 0.1) is 5.41 Å². The molecular weight excluding hydrogens is 224 g/mol. The van der Waals surface area contributed by atoms with Gasteiger partial charge in [0, 0.05) is 0 Å². The summed E-state index contributed by atoms with van der Waals surface area (Å²) in [7, 11) is 0. The lowest BCUT2D eigenvalue weighted by molar-refractivity contribution is -0.148. The summed E-state index contributed by atoms with van der Waals surface area (Å²) in [5, 5.41) is 9.60. The molecule has 0 atom stereocenters. The summed E-state index contributed by atoms with van der Waals surface area (Å²) in [5.74, 6) is -0.660. The third-order valence-electron chi connectivity index (χ3n) is 4.05. The normalized spacial score (nSPS) is 19.5. The van der Waals surface area contributed by atoms with Gasteiger partial charge in [0.15, 0.2) is 0 Å². The maximum Gasteiger partial charge on any atom is 0.313 e. The van der Waals surface area contributed by atoms with Gasteiger partial charge in [-0.1, -0.05) is 61.2 Å². The maximum absolute atomic E-state index is 11.7. The number of aliphatic carboxylic acids is 1. The third kappa shape index (κ3) is 2.47. The molecule has 0 amide bonds. The van der Waals surface area contributed by atoms with E-state index in [2.05, 4.69) is 0 Å². The quantitative estimate of drug-likeness (QED) is 0.868. The van der Waals surface area contributed by atoms with E-state index in [0.717, 1.165) is 43.2 Å². The Morgan fingerprint density at radius 1 is 1.17 bits per heavy atom.